The van der Waals surface area contributed by atoms with Gasteiger partial charge in [0.1, 0.15) is 9.50 Å². The first-order chi connectivity index (χ1) is 9.29. The van der Waals surface area contributed by atoms with Gasteiger partial charge in [-0.2, -0.15) is 0 Å². The van der Waals surface area contributed by atoms with Gasteiger partial charge in [-0.15, -0.1) is 0 Å². The normalized spacial score (nSPS) is 11.3. The average Bonchev–Trinajstić information content (AvgIpc) is 2.75. The summed E-state index contributed by atoms with van der Waals surface area (Å²) >= 11 is 6.00. The van der Waals surface area contributed by atoms with Crippen LogP contribution in [0, 0.1) is 0 Å². The Kier molecular flexibility index (Phi) is 4.16. The van der Waals surface area contributed by atoms with E-state index in [1.54, 1.807) is 6.07 Å². The van der Waals surface area contributed by atoms with Gasteiger partial charge in [-0.3, -0.25) is 4.72 Å². The predicted molar refractivity (Wildman–Crippen MR) is 76.1 cm³/mol. The third-order valence-electron chi connectivity index (χ3n) is 2.14. The number of hydrogen-bond donors (Lipinski definition) is 2. The fourth-order valence-electron chi connectivity index (χ4n) is 1.29. The maximum Gasteiger partial charge on any atom is 0.371 e. The summed E-state index contributed by atoms with van der Waals surface area (Å²) in [7, 11) is -3.98. The van der Waals surface area contributed by atoms with Crippen molar-refractivity contribution in [1.82, 2.24) is 4.98 Å². The maximum atomic E-state index is 12.1. The highest BCUT2D eigenvalue weighted by molar-refractivity contribution is 9.10. The second-order valence-electron chi connectivity index (χ2n) is 3.53. The number of nitrogens with zero attached hydrogens (tertiary/aromatic N) is 1. The molecule has 0 aliphatic heterocycles. The first-order valence-electron chi connectivity index (χ1n) is 4.96. The molecule has 10 heteroatoms. The fraction of sp³-hybridized carbons (Fsp3) is 0. The smallest absolute Gasteiger partial charge is 0.371 e. The van der Waals surface area contributed by atoms with Crippen molar-refractivity contribution >= 4 is 53.5 Å². The third kappa shape index (κ3) is 3.19. The summed E-state index contributed by atoms with van der Waals surface area (Å²) in [4.78, 5) is 14.3. The van der Waals surface area contributed by atoms with E-state index >= 15 is 0 Å². The van der Waals surface area contributed by atoms with Gasteiger partial charge in [0, 0.05) is 6.07 Å². The van der Waals surface area contributed by atoms with Crippen LogP contribution in [-0.2, 0) is 10.0 Å². The molecule has 0 amide bonds. The summed E-state index contributed by atoms with van der Waals surface area (Å²) < 4.78 is 31.6. The zero-order valence-electron chi connectivity index (χ0n) is 9.50. The third-order valence-corrected chi connectivity index (χ3v) is 4.84. The van der Waals surface area contributed by atoms with Crippen molar-refractivity contribution in [3.8, 4) is 0 Å². The number of carbonyl (C=O) groups is 1. The molecule has 106 valence electrons. The van der Waals surface area contributed by atoms with Crippen molar-refractivity contribution in [2.24, 2.45) is 0 Å². The molecule has 20 heavy (non-hydrogen) atoms. The van der Waals surface area contributed by atoms with Crippen LogP contribution in [0.15, 0.2) is 43.0 Å². The lowest BCUT2D eigenvalue weighted by Crippen LogP contribution is -2.12. The molecule has 2 heterocycles. The molecule has 0 radical (unpaired) electrons. The Hall–Kier alpha value is -1.39. The molecule has 2 aromatic heterocycles. The average molecular weight is 426 g/mol. The lowest BCUT2D eigenvalue weighted by atomic mass is 10.4. The Morgan fingerprint density at radius 2 is 2.05 bits per heavy atom. The monoisotopic (exact) mass is 424 g/mol. The van der Waals surface area contributed by atoms with E-state index in [-0.39, 0.29) is 15.3 Å². The van der Waals surface area contributed by atoms with Crippen LogP contribution in [0.1, 0.15) is 10.6 Å². The lowest BCUT2D eigenvalue weighted by molar-refractivity contribution is 0.0661. The number of nitrogens with one attached hydrogen (secondary N) is 1. The maximum absolute atomic E-state index is 12.1. The number of anilines is 1. The van der Waals surface area contributed by atoms with Gasteiger partial charge in [-0.1, -0.05) is 0 Å². The molecule has 0 aliphatic carbocycles. The number of rotatable bonds is 4. The van der Waals surface area contributed by atoms with Crippen LogP contribution in [0.2, 0.25) is 0 Å². The van der Waals surface area contributed by atoms with Crippen molar-refractivity contribution in [2.75, 3.05) is 4.72 Å². The molecule has 0 saturated heterocycles. The number of aromatic carboxylic acids is 1. The van der Waals surface area contributed by atoms with Gasteiger partial charge in [0.2, 0.25) is 5.76 Å². The Labute approximate surface area is 130 Å². The van der Waals surface area contributed by atoms with Crippen molar-refractivity contribution < 1.29 is 22.7 Å². The Morgan fingerprint density at radius 1 is 1.35 bits per heavy atom. The molecule has 0 bridgehead atoms. The SMILES string of the molecule is O=C(O)c1cc(S(=O)(=O)Nc2ccc(Br)nc2)c(Br)o1. The van der Waals surface area contributed by atoms with Gasteiger partial charge < -0.3 is 9.52 Å². The van der Waals surface area contributed by atoms with E-state index in [0.29, 0.717) is 4.60 Å². The largest absolute Gasteiger partial charge is 0.475 e. The number of furan rings is 1. The Balaban J connectivity index is 2.35. The van der Waals surface area contributed by atoms with Gasteiger partial charge in [0.05, 0.1) is 11.9 Å². The second-order valence-corrected chi connectivity index (χ2v) is 6.71. The van der Waals surface area contributed by atoms with Crippen LogP contribution in [0.3, 0.4) is 0 Å². The zero-order valence-corrected chi connectivity index (χ0v) is 13.5. The minimum Gasteiger partial charge on any atom is -0.475 e. The van der Waals surface area contributed by atoms with Crippen LogP contribution in [-0.4, -0.2) is 24.5 Å². The highest BCUT2D eigenvalue weighted by Gasteiger charge is 2.25. The zero-order chi connectivity index (χ0) is 14.9. The number of hydrogen-bond acceptors (Lipinski definition) is 5. The summed E-state index contributed by atoms with van der Waals surface area (Å²) in [6, 6.07) is 3.98. The topological polar surface area (TPSA) is 110 Å². The van der Waals surface area contributed by atoms with Crippen molar-refractivity contribution in [3.05, 3.63) is 39.4 Å². The molecule has 2 N–H and O–H groups in total. The molecular formula is C10H6Br2N2O5S. The Bertz CT molecular complexity index is 754. The van der Waals surface area contributed by atoms with E-state index in [2.05, 4.69) is 41.6 Å². The first-order valence-corrected chi connectivity index (χ1v) is 8.03. The van der Waals surface area contributed by atoms with Gasteiger partial charge in [-0.05, 0) is 44.0 Å². The number of carboxylic acid groups (broad SMARTS) is 1. The number of halogens is 2. The molecule has 0 atom stereocenters. The van der Waals surface area contributed by atoms with Gasteiger partial charge in [0.25, 0.3) is 10.0 Å². The molecule has 0 aromatic carbocycles. The van der Waals surface area contributed by atoms with Gasteiger partial charge in [-0.25, -0.2) is 18.2 Å². The number of sulfonamides is 1. The van der Waals surface area contributed by atoms with Crippen molar-refractivity contribution in [1.29, 1.82) is 0 Å². The first kappa shape index (κ1) is 15.0. The number of pyridine rings is 1. The van der Waals surface area contributed by atoms with Crippen molar-refractivity contribution in [2.45, 2.75) is 4.90 Å². The number of carboxylic acids is 1. The van der Waals surface area contributed by atoms with Gasteiger partial charge >= 0.3 is 5.97 Å². The van der Waals surface area contributed by atoms with Crippen LogP contribution in [0.4, 0.5) is 5.69 Å². The molecule has 0 saturated carbocycles. The van der Waals surface area contributed by atoms with E-state index in [1.165, 1.54) is 12.3 Å². The molecule has 2 rings (SSSR count). The summed E-state index contributed by atoms with van der Waals surface area (Å²) in [5, 5.41) is 8.76. The molecule has 0 spiro atoms. The molecule has 0 fully saturated rings. The van der Waals surface area contributed by atoms with Crippen molar-refractivity contribution in [3.63, 3.8) is 0 Å². The summed E-state index contributed by atoms with van der Waals surface area (Å²) in [5.74, 6) is -1.84. The highest BCUT2D eigenvalue weighted by atomic mass is 79.9. The molecule has 7 nitrogen and oxygen atoms in total. The van der Waals surface area contributed by atoms with E-state index in [0.717, 1.165) is 6.07 Å². The van der Waals surface area contributed by atoms with E-state index in [9.17, 15) is 13.2 Å². The summed E-state index contributed by atoms with van der Waals surface area (Å²) in [6.07, 6.45) is 1.31. The minimum absolute atomic E-state index is 0.188. The van der Waals surface area contributed by atoms with E-state index in [1.807, 2.05) is 0 Å². The fourth-order valence-corrected chi connectivity index (χ4v) is 3.51. The second kappa shape index (κ2) is 5.54. The minimum atomic E-state index is -3.98. The van der Waals surface area contributed by atoms with E-state index < -0.39 is 21.8 Å². The van der Waals surface area contributed by atoms with Crippen LogP contribution in [0.25, 0.3) is 0 Å². The van der Waals surface area contributed by atoms with Crippen LogP contribution < -0.4 is 4.72 Å². The summed E-state index contributed by atoms with van der Waals surface area (Å²) in [6.45, 7) is 0. The summed E-state index contributed by atoms with van der Waals surface area (Å²) in [5.41, 5.74) is 0.234. The highest BCUT2D eigenvalue weighted by Crippen LogP contribution is 2.28. The van der Waals surface area contributed by atoms with Crippen LogP contribution >= 0.6 is 31.9 Å². The molecule has 0 aliphatic rings. The standard InChI is InChI=1S/C10H6Br2N2O5S/c11-8-2-1-5(4-13-8)14-20(17,18)7-3-6(10(15)16)19-9(7)12/h1-4,14H,(H,15,16). The molecule has 0 unspecified atom stereocenters. The Morgan fingerprint density at radius 3 is 2.55 bits per heavy atom. The van der Waals surface area contributed by atoms with Crippen LogP contribution in [0.5, 0.6) is 0 Å². The van der Waals surface area contributed by atoms with Gasteiger partial charge in [0.15, 0.2) is 4.67 Å². The lowest BCUT2D eigenvalue weighted by Gasteiger charge is -2.05. The van der Waals surface area contributed by atoms with E-state index in [4.69, 9.17) is 9.52 Å². The quantitative estimate of drug-likeness (QED) is 0.728. The predicted octanol–water partition coefficient (Wildman–Crippen LogP) is 2.70. The number of aromatic nitrogens is 1. The molecule has 2 aromatic rings. The molecular weight excluding hydrogens is 420 g/mol.